The van der Waals surface area contributed by atoms with Crippen LogP contribution in [0.5, 0.6) is 5.75 Å². The first-order valence-electron chi connectivity index (χ1n) is 9.04. The maximum absolute atomic E-state index is 12.5. The number of benzene rings is 1. The molecule has 0 amide bonds. The van der Waals surface area contributed by atoms with Crippen LogP contribution in [-0.2, 0) is 16.4 Å². The minimum Gasteiger partial charge on any atom is -0.497 e. The fourth-order valence-electron chi connectivity index (χ4n) is 3.07. The zero-order chi connectivity index (χ0) is 20.1. The van der Waals surface area contributed by atoms with Gasteiger partial charge in [0.25, 0.3) is 0 Å². The molecule has 3 aromatic rings. The van der Waals surface area contributed by atoms with Gasteiger partial charge in [-0.1, -0.05) is 12.1 Å². The summed E-state index contributed by atoms with van der Waals surface area (Å²) in [7, 11) is -1.86. The predicted molar refractivity (Wildman–Crippen MR) is 107 cm³/mol. The molecular formula is C20H25N3O4S. The van der Waals surface area contributed by atoms with E-state index in [1.54, 1.807) is 24.1 Å². The number of aromatic nitrogens is 2. The highest BCUT2D eigenvalue weighted by atomic mass is 32.2. The summed E-state index contributed by atoms with van der Waals surface area (Å²) in [4.78, 5) is 0. The highest BCUT2D eigenvalue weighted by Crippen LogP contribution is 2.20. The van der Waals surface area contributed by atoms with Crippen molar-refractivity contribution in [1.29, 1.82) is 0 Å². The standard InChI is InChI=1S/C20H25N3O4S/c1-15-13-16(2)23(22-15)19(20-5-4-11-27-20)14-21-28(24,25)12-10-17-6-8-18(26-3)9-7-17/h4-9,11,13,19,21H,10,12,14H2,1-3H3. The molecule has 3 rings (SSSR count). The van der Waals surface area contributed by atoms with Gasteiger partial charge >= 0.3 is 0 Å². The van der Waals surface area contributed by atoms with Crippen LogP contribution in [0.3, 0.4) is 0 Å². The van der Waals surface area contributed by atoms with Gasteiger partial charge in [0.1, 0.15) is 17.6 Å². The van der Waals surface area contributed by atoms with Gasteiger partial charge in [0, 0.05) is 12.2 Å². The van der Waals surface area contributed by atoms with Crippen molar-refractivity contribution in [1.82, 2.24) is 14.5 Å². The quantitative estimate of drug-likeness (QED) is 0.594. The molecule has 0 bridgehead atoms. The van der Waals surface area contributed by atoms with Crippen molar-refractivity contribution >= 4 is 10.0 Å². The molecule has 0 aliphatic heterocycles. The Morgan fingerprint density at radius 3 is 2.54 bits per heavy atom. The number of hydrogen-bond acceptors (Lipinski definition) is 5. The molecule has 1 aromatic carbocycles. The molecule has 0 fully saturated rings. The van der Waals surface area contributed by atoms with Crippen LogP contribution >= 0.6 is 0 Å². The first kappa shape index (κ1) is 20.2. The summed E-state index contributed by atoms with van der Waals surface area (Å²) in [6.45, 7) is 4.01. The predicted octanol–water partition coefficient (Wildman–Crippen LogP) is 2.85. The maximum atomic E-state index is 12.5. The minimum atomic E-state index is -3.46. The lowest BCUT2D eigenvalue weighted by atomic mass is 10.2. The first-order valence-corrected chi connectivity index (χ1v) is 10.7. The second-order valence-corrected chi connectivity index (χ2v) is 8.59. The summed E-state index contributed by atoms with van der Waals surface area (Å²) < 4.78 is 40.2. The van der Waals surface area contributed by atoms with Gasteiger partial charge in [-0.05, 0) is 56.2 Å². The third kappa shape index (κ3) is 5.02. The summed E-state index contributed by atoms with van der Waals surface area (Å²) in [5.41, 5.74) is 2.75. The Balaban J connectivity index is 1.67. The molecule has 0 radical (unpaired) electrons. The number of hydrogen-bond donors (Lipinski definition) is 1. The van der Waals surface area contributed by atoms with E-state index in [2.05, 4.69) is 9.82 Å². The topological polar surface area (TPSA) is 86.4 Å². The summed E-state index contributed by atoms with van der Waals surface area (Å²) in [6.07, 6.45) is 2.00. The second kappa shape index (κ2) is 8.62. The van der Waals surface area contributed by atoms with Gasteiger partial charge in [-0.2, -0.15) is 5.10 Å². The van der Waals surface area contributed by atoms with E-state index in [-0.39, 0.29) is 18.3 Å². The molecule has 150 valence electrons. The van der Waals surface area contributed by atoms with Crippen LogP contribution in [0.25, 0.3) is 0 Å². The number of furan rings is 1. The Morgan fingerprint density at radius 1 is 1.21 bits per heavy atom. The third-order valence-corrected chi connectivity index (χ3v) is 5.87. The van der Waals surface area contributed by atoms with Crippen LogP contribution < -0.4 is 9.46 Å². The molecule has 0 aliphatic rings. The number of ether oxygens (including phenoxy) is 1. The SMILES string of the molecule is COc1ccc(CCS(=O)(=O)NCC(c2ccco2)n2nc(C)cc2C)cc1. The van der Waals surface area contributed by atoms with E-state index in [4.69, 9.17) is 9.15 Å². The molecular weight excluding hydrogens is 378 g/mol. The summed E-state index contributed by atoms with van der Waals surface area (Å²) in [5.74, 6) is 1.40. The molecule has 0 saturated heterocycles. The van der Waals surface area contributed by atoms with Crippen LogP contribution in [0.15, 0.2) is 53.1 Å². The lowest BCUT2D eigenvalue weighted by molar-refractivity contribution is 0.397. The van der Waals surface area contributed by atoms with E-state index >= 15 is 0 Å². The molecule has 1 unspecified atom stereocenters. The van der Waals surface area contributed by atoms with Gasteiger partial charge in [0.2, 0.25) is 10.0 Å². The van der Waals surface area contributed by atoms with Crippen molar-refractivity contribution in [2.24, 2.45) is 0 Å². The van der Waals surface area contributed by atoms with E-state index in [0.29, 0.717) is 12.2 Å². The fraction of sp³-hybridized carbons (Fsp3) is 0.350. The van der Waals surface area contributed by atoms with E-state index in [9.17, 15) is 8.42 Å². The Hall–Kier alpha value is -2.58. The van der Waals surface area contributed by atoms with E-state index in [0.717, 1.165) is 22.7 Å². The third-order valence-electron chi connectivity index (χ3n) is 4.53. The number of nitrogens with one attached hydrogen (secondary N) is 1. The van der Waals surface area contributed by atoms with Crippen LogP contribution in [-0.4, -0.2) is 37.6 Å². The zero-order valence-corrected chi connectivity index (χ0v) is 17.1. The van der Waals surface area contributed by atoms with Crippen LogP contribution in [0.2, 0.25) is 0 Å². The summed E-state index contributed by atoms with van der Waals surface area (Å²) >= 11 is 0. The van der Waals surface area contributed by atoms with Gasteiger partial charge in [0.05, 0.1) is 24.8 Å². The zero-order valence-electron chi connectivity index (χ0n) is 16.3. The fourth-order valence-corrected chi connectivity index (χ4v) is 4.13. The van der Waals surface area contributed by atoms with Crippen LogP contribution in [0, 0.1) is 13.8 Å². The smallest absolute Gasteiger partial charge is 0.212 e. The first-order chi connectivity index (χ1) is 13.4. The van der Waals surface area contributed by atoms with Gasteiger partial charge in [-0.25, -0.2) is 13.1 Å². The number of sulfonamides is 1. The van der Waals surface area contributed by atoms with Crippen molar-refractivity contribution < 1.29 is 17.6 Å². The largest absolute Gasteiger partial charge is 0.497 e. The molecule has 1 N–H and O–H groups in total. The molecule has 0 aliphatic carbocycles. The molecule has 28 heavy (non-hydrogen) atoms. The summed E-state index contributed by atoms with van der Waals surface area (Å²) in [6, 6.07) is 12.6. The molecule has 2 heterocycles. The maximum Gasteiger partial charge on any atom is 0.212 e. The van der Waals surface area contributed by atoms with Crippen molar-refractivity contribution in [3.8, 4) is 5.75 Å². The number of aryl methyl sites for hydroxylation is 3. The molecule has 8 heteroatoms. The Bertz CT molecular complexity index is 993. The lowest BCUT2D eigenvalue weighted by Gasteiger charge is -2.18. The van der Waals surface area contributed by atoms with Crippen LogP contribution in [0.1, 0.15) is 28.8 Å². The van der Waals surface area contributed by atoms with Gasteiger partial charge in [-0.3, -0.25) is 4.68 Å². The average Bonchev–Trinajstić information content (AvgIpc) is 3.31. The highest BCUT2D eigenvalue weighted by molar-refractivity contribution is 7.89. The number of methoxy groups -OCH3 is 1. The molecule has 2 aromatic heterocycles. The lowest BCUT2D eigenvalue weighted by Crippen LogP contribution is -2.34. The normalized spacial score (nSPS) is 12.8. The van der Waals surface area contributed by atoms with Crippen molar-refractivity contribution in [3.05, 3.63) is 71.4 Å². The number of rotatable bonds is 9. The van der Waals surface area contributed by atoms with Crippen molar-refractivity contribution in [2.45, 2.75) is 26.3 Å². The van der Waals surface area contributed by atoms with E-state index < -0.39 is 10.0 Å². The Labute approximate surface area is 165 Å². The molecule has 0 spiro atoms. The van der Waals surface area contributed by atoms with E-state index in [1.807, 2.05) is 50.2 Å². The van der Waals surface area contributed by atoms with Crippen molar-refractivity contribution in [3.63, 3.8) is 0 Å². The molecule has 7 nitrogen and oxygen atoms in total. The Morgan fingerprint density at radius 2 is 1.96 bits per heavy atom. The van der Waals surface area contributed by atoms with Gasteiger partial charge in [0.15, 0.2) is 0 Å². The average molecular weight is 404 g/mol. The number of nitrogens with zero attached hydrogens (tertiary/aromatic N) is 2. The van der Waals surface area contributed by atoms with Crippen LogP contribution in [0.4, 0.5) is 0 Å². The van der Waals surface area contributed by atoms with Gasteiger partial charge < -0.3 is 9.15 Å². The minimum absolute atomic E-state index is 0.00131. The monoisotopic (exact) mass is 403 g/mol. The molecule has 0 saturated carbocycles. The van der Waals surface area contributed by atoms with Gasteiger partial charge in [-0.15, -0.1) is 0 Å². The Kier molecular flexibility index (Phi) is 6.21. The van der Waals surface area contributed by atoms with E-state index in [1.165, 1.54) is 0 Å². The molecule has 1 atom stereocenters. The summed E-state index contributed by atoms with van der Waals surface area (Å²) in [5, 5.41) is 4.49. The van der Waals surface area contributed by atoms with Crippen molar-refractivity contribution in [2.75, 3.05) is 19.4 Å². The highest BCUT2D eigenvalue weighted by Gasteiger charge is 2.22. The second-order valence-electron chi connectivity index (χ2n) is 6.67.